The van der Waals surface area contributed by atoms with Gasteiger partial charge >= 0.3 is 0 Å². The van der Waals surface area contributed by atoms with E-state index in [2.05, 4.69) is 13.8 Å². The largest absolute Gasteiger partial charge is 0.370 e. The highest BCUT2D eigenvalue weighted by atomic mass is 19.1. The summed E-state index contributed by atoms with van der Waals surface area (Å²) in [6, 6.07) is 0. The predicted octanol–water partition coefficient (Wildman–Crippen LogP) is 5.64. The van der Waals surface area contributed by atoms with Crippen LogP contribution >= 0.6 is 0 Å². The minimum absolute atomic E-state index is 0.155. The van der Waals surface area contributed by atoms with Crippen molar-refractivity contribution in [3.63, 3.8) is 0 Å². The first-order chi connectivity index (χ1) is 12.4. The highest BCUT2D eigenvalue weighted by Gasteiger charge is 2.60. The standard InChI is InChI=1S/C23H38FNO/c1-22-14-12-18-16(9-11-19-20(24)6-4-13-23(18,19)2)17(22)10-8-15(22)5-3-7-21(25)26/h15-20H,3-14H2,1-2H3,(H2,25,26)/t15?,16?,17?,18?,19?,20?,22-,23?/m1/s1. The van der Waals surface area contributed by atoms with Gasteiger partial charge in [0.1, 0.15) is 6.17 Å². The second kappa shape index (κ2) is 6.78. The van der Waals surface area contributed by atoms with Crippen LogP contribution in [0.25, 0.3) is 0 Å². The summed E-state index contributed by atoms with van der Waals surface area (Å²) in [6.45, 7) is 4.99. The van der Waals surface area contributed by atoms with E-state index in [-0.39, 0.29) is 11.3 Å². The van der Waals surface area contributed by atoms with E-state index in [4.69, 9.17) is 5.73 Å². The topological polar surface area (TPSA) is 43.1 Å². The van der Waals surface area contributed by atoms with Crippen molar-refractivity contribution in [2.75, 3.05) is 0 Å². The minimum Gasteiger partial charge on any atom is -0.370 e. The lowest BCUT2D eigenvalue weighted by atomic mass is 9.44. The van der Waals surface area contributed by atoms with Gasteiger partial charge in [-0.25, -0.2) is 4.39 Å². The van der Waals surface area contributed by atoms with E-state index >= 15 is 0 Å². The molecule has 0 aromatic heterocycles. The van der Waals surface area contributed by atoms with Gasteiger partial charge in [-0.1, -0.05) is 13.8 Å². The number of hydrogen-bond acceptors (Lipinski definition) is 1. The van der Waals surface area contributed by atoms with Crippen LogP contribution in [0.15, 0.2) is 0 Å². The van der Waals surface area contributed by atoms with E-state index in [0.29, 0.717) is 17.8 Å². The first-order valence-corrected chi connectivity index (χ1v) is 11.3. The number of primary amides is 1. The number of rotatable bonds is 4. The molecule has 2 N–H and O–H groups in total. The number of carbonyl (C=O) groups is 1. The molecule has 4 rings (SSSR count). The minimum atomic E-state index is -0.548. The van der Waals surface area contributed by atoms with E-state index in [9.17, 15) is 9.18 Å². The molecule has 0 aromatic rings. The molecular formula is C23H38FNO. The third kappa shape index (κ3) is 2.83. The molecule has 8 atom stereocenters. The second-order valence-corrected chi connectivity index (χ2v) is 10.7. The molecule has 0 bridgehead atoms. The summed E-state index contributed by atoms with van der Waals surface area (Å²) in [5, 5.41) is 0. The maximum absolute atomic E-state index is 14.7. The highest BCUT2D eigenvalue weighted by Crippen LogP contribution is 2.68. The molecule has 1 amide bonds. The Kier molecular flexibility index (Phi) is 4.89. The van der Waals surface area contributed by atoms with Crippen LogP contribution in [0.5, 0.6) is 0 Å². The van der Waals surface area contributed by atoms with Gasteiger partial charge in [-0.05, 0) is 111 Å². The van der Waals surface area contributed by atoms with Gasteiger partial charge in [0.05, 0.1) is 0 Å². The number of carbonyl (C=O) groups excluding carboxylic acids is 1. The lowest BCUT2D eigenvalue weighted by molar-refractivity contribution is -0.130. The van der Waals surface area contributed by atoms with E-state index in [1.165, 1.54) is 44.9 Å². The van der Waals surface area contributed by atoms with Crippen molar-refractivity contribution in [3.05, 3.63) is 0 Å². The number of halogens is 1. The number of nitrogens with two attached hydrogens (primary N) is 1. The van der Waals surface area contributed by atoms with Gasteiger partial charge in [-0.2, -0.15) is 0 Å². The van der Waals surface area contributed by atoms with Crippen LogP contribution in [0.3, 0.4) is 0 Å². The second-order valence-electron chi connectivity index (χ2n) is 10.7. The normalized spacial score (nSPS) is 50.6. The maximum atomic E-state index is 14.7. The van der Waals surface area contributed by atoms with Crippen molar-refractivity contribution in [1.82, 2.24) is 0 Å². The summed E-state index contributed by atoms with van der Waals surface area (Å²) < 4.78 is 14.7. The molecule has 7 unspecified atom stereocenters. The van der Waals surface area contributed by atoms with Gasteiger partial charge in [0.15, 0.2) is 0 Å². The Bertz CT molecular complexity index is 550. The van der Waals surface area contributed by atoms with Gasteiger partial charge in [0, 0.05) is 6.42 Å². The molecule has 2 nitrogen and oxygen atoms in total. The number of amides is 1. The molecule has 0 radical (unpaired) electrons. The molecule has 0 saturated heterocycles. The molecule has 4 saturated carbocycles. The molecule has 3 heteroatoms. The van der Waals surface area contributed by atoms with Crippen LogP contribution in [0.4, 0.5) is 4.39 Å². The summed E-state index contributed by atoms with van der Waals surface area (Å²) in [4.78, 5) is 11.1. The number of hydrogen-bond donors (Lipinski definition) is 1. The summed E-state index contributed by atoms with van der Waals surface area (Å²) in [6.07, 6.45) is 13.0. The monoisotopic (exact) mass is 363 g/mol. The smallest absolute Gasteiger partial charge is 0.217 e. The molecular weight excluding hydrogens is 325 g/mol. The van der Waals surface area contributed by atoms with E-state index in [1.54, 1.807) is 0 Å². The average molecular weight is 364 g/mol. The Morgan fingerprint density at radius 2 is 1.69 bits per heavy atom. The fraction of sp³-hybridized carbons (Fsp3) is 0.957. The van der Waals surface area contributed by atoms with E-state index < -0.39 is 6.17 Å². The first-order valence-electron chi connectivity index (χ1n) is 11.3. The molecule has 4 aliphatic carbocycles. The van der Waals surface area contributed by atoms with Crippen LogP contribution in [0.2, 0.25) is 0 Å². The molecule has 0 heterocycles. The molecule has 148 valence electrons. The quantitative estimate of drug-likeness (QED) is 0.690. The molecule has 0 aromatic carbocycles. The zero-order valence-corrected chi connectivity index (χ0v) is 16.8. The third-order valence-corrected chi connectivity index (χ3v) is 9.75. The Morgan fingerprint density at radius 1 is 0.962 bits per heavy atom. The lowest BCUT2D eigenvalue weighted by Gasteiger charge is -2.61. The Hall–Kier alpha value is -0.600. The summed E-state index contributed by atoms with van der Waals surface area (Å²) in [7, 11) is 0. The van der Waals surface area contributed by atoms with Gasteiger partial charge in [-0.3, -0.25) is 4.79 Å². The van der Waals surface area contributed by atoms with Crippen molar-refractivity contribution in [2.45, 2.75) is 97.1 Å². The number of fused-ring (bicyclic) bond motifs is 5. The lowest BCUT2D eigenvalue weighted by Crippen LogP contribution is -2.54. The van der Waals surface area contributed by atoms with Crippen molar-refractivity contribution in [2.24, 2.45) is 46.2 Å². The van der Waals surface area contributed by atoms with Gasteiger partial charge in [0.2, 0.25) is 5.91 Å². The SMILES string of the molecule is CC12CCCC(F)C1CCC1C2CC[C@]2(C)C(CCCC(N)=O)CCC12. The van der Waals surface area contributed by atoms with Crippen LogP contribution in [-0.4, -0.2) is 12.1 Å². The summed E-state index contributed by atoms with van der Waals surface area (Å²) in [5.41, 5.74) is 6.05. The number of alkyl halides is 1. The highest BCUT2D eigenvalue weighted by molar-refractivity contribution is 5.73. The predicted molar refractivity (Wildman–Crippen MR) is 103 cm³/mol. The van der Waals surface area contributed by atoms with Gasteiger partial charge < -0.3 is 5.73 Å². The molecule has 26 heavy (non-hydrogen) atoms. The van der Waals surface area contributed by atoms with Crippen LogP contribution in [0, 0.1) is 40.4 Å². The average Bonchev–Trinajstić information content (AvgIpc) is 2.91. The zero-order valence-electron chi connectivity index (χ0n) is 16.8. The van der Waals surface area contributed by atoms with Crippen LogP contribution < -0.4 is 5.73 Å². The third-order valence-electron chi connectivity index (χ3n) is 9.75. The Labute approximate surface area is 158 Å². The fourth-order valence-corrected chi connectivity index (χ4v) is 8.44. The first kappa shape index (κ1) is 18.7. The van der Waals surface area contributed by atoms with E-state index in [1.807, 2.05) is 0 Å². The molecule has 0 aliphatic heterocycles. The van der Waals surface area contributed by atoms with Crippen molar-refractivity contribution >= 4 is 5.91 Å². The van der Waals surface area contributed by atoms with Gasteiger partial charge in [0.25, 0.3) is 0 Å². The molecule has 4 fully saturated rings. The van der Waals surface area contributed by atoms with Gasteiger partial charge in [-0.15, -0.1) is 0 Å². The van der Waals surface area contributed by atoms with Crippen molar-refractivity contribution in [3.8, 4) is 0 Å². The van der Waals surface area contributed by atoms with Crippen molar-refractivity contribution in [1.29, 1.82) is 0 Å². The summed E-state index contributed by atoms with van der Waals surface area (Å²) >= 11 is 0. The Balaban J connectivity index is 1.50. The molecule has 4 aliphatic rings. The zero-order chi connectivity index (χ0) is 18.5. The van der Waals surface area contributed by atoms with Crippen LogP contribution in [-0.2, 0) is 4.79 Å². The van der Waals surface area contributed by atoms with Crippen LogP contribution in [0.1, 0.15) is 90.9 Å². The molecule has 0 spiro atoms. The Morgan fingerprint density at radius 3 is 2.46 bits per heavy atom. The maximum Gasteiger partial charge on any atom is 0.217 e. The summed E-state index contributed by atoms with van der Waals surface area (Å²) in [5.74, 6) is 3.34. The van der Waals surface area contributed by atoms with E-state index in [0.717, 1.165) is 49.4 Å². The fourth-order valence-electron chi connectivity index (χ4n) is 8.44. The van der Waals surface area contributed by atoms with Crippen molar-refractivity contribution < 1.29 is 9.18 Å².